The molecule has 226 valence electrons. The standard InChI is InChI=1S/C44H25N5/c45-26-28-13-7-10-20-35(28)49-43-34(23-24-38-41(43)32-18-8-11-21-36(32)47(38)30-14-3-1-4-15-30)40-29(27-46)25-39-42(44(40)49)33-19-9-12-22-37(33)48(39)31-16-5-2-6-17-31/h1-25H. The number of fused-ring (bicyclic) bond motifs is 11. The van der Waals surface area contributed by atoms with Gasteiger partial charge < -0.3 is 13.7 Å². The van der Waals surface area contributed by atoms with E-state index in [9.17, 15) is 10.5 Å². The van der Waals surface area contributed by atoms with Crippen molar-refractivity contribution in [2.24, 2.45) is 0 Å². The van der Waals surface area contributed by atoms with Crippen LogP contribution in [0.15, 0.2) is 152 Å². The van der Waals surface area contributed by atoms with Crippen LogP contribution in [-0.2, 0) is 0 Å². The number of hydrogen-bond acceptors (Lipinski definition) is 2. The van der Waals surface area contributed by atoms with Gasteiger partial charge in [0.05, 0.1) is 56.0 Å². The Balaban J connectivity index is 1.54. The van der Waals surface area contributed by atoms with Crippen LogP contribution in [0.2, 0.25) is 0 Å². The van der Waals surface area contributed by atoms with Gasteiger partial charge in [0.2, 0.25) is 0 Å². The summed E-state index contributed by atoms with van der Waals surface area (Å²) < 4.78 is 6.82. The molecule has 0 radical (unpaired) electrons. The highest BCUT2D eigenvalue weighted by Crippen LogP contribution is 2.47. The van der Waals surface area contributed by atoms with Crippen molar-refractivity contribution in [1.82, 2.24) is 13.7 Å². The normalized spacial score (nSPS) is 11.6. The first kappa shape index (κ1) is 27.1. The van der Waals surface area contributed by atoms with Gasteiger partial charge in [-0.15, -0.1) is 0 Å². The van der Waals surface area contributed by atoms with E-state index in [0.29, 0.717) is 11.1 Å². The van der Waals surface area contributed by atoms with Crippen LogP contribution in [0.4, 0.5) is 0 Å². The molecule has 5 nitrogen and oxygen atoms in total. The molecule has 49 heavy (non-hydrogen) atoms. The first-order chi connectivity index (χ1) is 24.3. The Labute approximate surface area is 280 Å². The number of rotatable bonds is 3. The highest BCUT2D eigenvalue weighted by Gasteiger charge is 2.27. The molecule has 0 aliphatic heterocycles. The fourth-order valence-electron chi connectivity index (χ4n) is 7.99. The Morgan fingerprint density at radius 2 is 0.898 bits per heavy atom. The van der Waals surface area contributed by atoms with E-state index < -0.39 is 0 Å². The zero-order valence-electron chi connectivity index (χ0n) is 26.2. The summed E-state index contributed by atoms with van der Waals surface area (Å²) in [7, 11) is 0. The van der Waals surface area contributed by atoms with Gasteiger partial charge >= 0.3 is 0 Å². The molecule has 5 heteroatoms. The lowest BCUT2D eigenvalue weighted by Crippen LogP contribution is -1.99. The van der Waals surface area contributed by atoms with Crippen molar-refractivity contribution in [3.8, 4) is 29.2 Å². The molecule has 0 N–H and O–H groups in total. The lowest BCUT2D eigenvalue weighted by atomic mass is 10.0. The minimum Gasteiger partial charge on any atom is -0.309 e. The molecule has 7 aromatic carbocycles. The second kappa shape index (κ2) is 10.2. The van der Waals surface area contributed by atoms with Crippen molar-refractivity contribution in [3.05, 3.63) is 163 Å². The molecule has 0 saturated carbocycles. The quantitative estimate of drug-likeness (QED) is 0.197. The van der Waals surface area contributed by atoms with E-state index in [4.69, 9.17) is 0 Å². The Morgan fingerprint density at radius 3 is 1.53 bits per heavy atom. The summed E-state index contributed by atoms with van der Waals surface area (Å²) in [6.45, 7) is 0. The second-order valence-corrected chi connectivity index (χ2v) is 12.4. The van der Waals surface area contributed by atoms with Crippen molar-refractivity contribution in [2.75, 3.05) is 0 Å². The molecule has 0 spiro atoms. The number of aromatic nitrogens is 3. The van der Waals surface area contributed by atoms with Crippen LogP contribution in [0, 0.1) is 22.7 Å². The van der Waals surface area contributed by atoms with E-state index in [-0.39, 0.29) is 0 Å². The fourth-order valence-corrected chi connectivity index (χ4v) is 7.99. The van der Waals surface area contributed by atoms with Crippen LogP contribution in [-0.4, -0.2) is 13.7 Å². The number of nitriles is 2. The topological polar surface area (TPSA) is 62.4 Å². The molecule has 3 aromatic heterocycles. The molecular formula is C44H25N5. The Hall–Kier alpha value is -7.08. The molecule has 0 aliphatic carbocycles. The predicted molar refractivity (Wildman–Crippen MR) is 199 cm³/mol. The van der Waals surface area contributed by atoms with Crippen LogP contribution in [0.1, 0.15) is 11.1 Å². The summed E-state index contributed by atoms with van der Waals surface area (Å²) in [5.41, 5.74) is 10.1. The number of hydrogen-bond donors (Lipinski definition) is 0. The average Bonchev–Trinajstić information content (AvgIpc) is 3.80. The van der Waals surface area contributed by atoms with E-state index >= 15 is 0 Å². The minimum atomic E-state index is 0.562. The smallest absolute Gasteiger partial charge is 0.101 e. The lowest BCUT2D eigenvalue weighted by molar-refractivity contribution is 1.17. The minimum absolute atomic E-state index is 0.562. The molecule has 10 rings (SSSR count). The second-order valence-electron chi connectivity index (χ2n) is 12.4. The molecule has 0 amide bonds. The maximum Gasteiger partial charge on any atom is 0.101 e. The van der Waals surface area contributed by atoms with Crippen LogP contribution < -0.4 is 0 Å². The lowest BCUT2D eigenvalue weighted by Gasteiger charge is -2.12. The average molecular weight is 624 g/mol. The van der Waals surface area contributed by atoms with Gasteiger partial charge in [-0.05, 0) is 60.7 Å². The summed E-state index contributed by atoms with van der Waals surface area (Å²) in [6.07, 6.45) is 0. The summed E-state index contributed by atoms with van der Waals surface area (Å²) in [5, 5.41) is 27.6. The SMILES string of the molecule is N#Cc1ccccc1-n1c2c(ccc3c2c2ccccc2n3-c2ccccc2)c2c(C#N)cc3c(c4ccccc4n3-c3ccccc3)c21. The largest absolute Gasteiger partial charge is 0.309 e. The van der Waals surface area contributed by atoms with Gasteiger partial charge in [-0.25, -0.2) is 0 Å². The third-order valence-electron chi connectivity index (χ3n) is 9.88. The van der Waals surface area contributed by atoms with E-state index in [2.05, 4.69) is 123 Å². The van der Waals surface area contributed by atoms with E-state index in [1.165, 1.54) is 0 Å². The van der Waals surface area contributed by atoms with Crippen LogP contribution in [0.25, 0.3) is 82.5 Å². The molecule has 0 aliphatic rings. The van der Waals surface area contributed by atoms with Gasteiger partial charge in [0, 0.05) is 43.7 Å². The van der Waals surface area contributed by atoms with Crippen molar-refractivity contribution in [3.63, 3.8) is 0 Å². The van der Waals surface area contributed by atoms with E-state index in [1.54, 1.807) is 0 Å². The Kier molecular flexibility index (Phi) is 5.64. The van der Waals surface area contributed by atoms with Gasteiger partial charge in [0.15, 0.2) is 0 Å². The zero-order valence-corrected chi connectivity index (χ0v) is 26.2. The molecule has 0 bridgehead atoms. The summed E-state index contributed by atoms with van der Waals surface area (Å²) >= 11 is 0. The third kappa shape index (κ3) is 3.62. The monoisotopic (exact) mass is 623 g/mol. The summed E-state index contributed by atoms with van der Waals surface area (Å²) in [5.74, 6) is 0. The zero-order chi connectivity index (χ0) is 32.6. The van der Waals surface area contributed by atoms with Crippen molar-refractivity contribution < 1.29 is 0 Å². The highest BCUT2D eigenvalue weighted by molar-refractivity contribution is 6.32. The Morgan fingerprint density at radius 1 is 0.367 bits per heavy atom. The van der Waals surface area contributed by atoms with E-state index in [0.717, 1.165) is 82.5 Å². The molecular weight excluding hydrogens is 599 g/mol. The maximum absolute atomic E-state index is 10.9. The van der Waals surface area contributed by atoms with Crippen LogP contribution in [0.5, 0.6) is 0 Å². The number of nitrogens with zero attached hydrogens (tertiary/aromatic N) is 5. The highest BCUT2D eigenvalue weighted by atomic mass is 15.0. The van der Waals surface area contributed by atoms with Gasteiger partial charge in [-0.1, -0.05) is 91.0 Å². The first-order valence-electron chi connectivity index (χ1n) is 16.3. The molecule has 0 fully saturated rings. The summed E-state index contributed by atoms with van der Waals surface area (Å²) in [4.78, 5) is 0. The number of benzene rings is 7. The molecule has 0 saturated heterocycles. The van der Waals surface area contributed by atoms with Crippen molar-refractivity contribution in [2.45, 2.75) is 0 Å². The van der Waals surface area contributed by atoms with Gasteiger partial charge in [0.25, 0.3) is 0 Å². The maximum atomic E-state index is 10.9. The van der Waals surface area contributed by atoms with Crippen molar-refractivity contribution in [1.29, 1.82) is 10.5 Å². The molecule has 0 atom stereocenters. The molecule has 0 unspecified atom stereocenters. The van der Waals surface area contributed by atoms with Crippen LogP contribution in [0.3, 0.4) is 0 Å². The Bertz CT molecular complexity index is 3050. The third-order valence-corrected chi connectivity index (χ3v) is 9.88. The van der Waals surface area contributed by atoms with Crippen molar-refractivity contribution >= 4 is 65.4 Å². The van der Waals surface area contributed by atoms with Crippen LogP contribution >= 0.6 is 0 Å². The molecule has 3 heterocycles. The van der Waals surface area contributed by atoms with Gasteiger partial charge in [0.1, 0.15) is 6.07 Å². The van der Waals surface area contributed by atoms with E-state index in [1.807, 2.05) is 54.6 Å². The van der Waals surface area contributed by atoms with Gasteiger partial charge in [-0.3, -0.25) is 0 Å². The summed E-state index contributed by atoms with van der Waals surface area (Å²) in [6, 6.07) is 56.9. The molecule has 10 aromatic rings. The fraction of sp³-hybridized carbons (Fsp3) is 0. The number of para-hydroxylation sites is 5. The van der Waals surface area contributed by atoms with Gasteiger partial charge in [-0.2, -0.15) is 10.5 Å². The predicted octanol–water partition coefficient (Wildman–Crippen LogP) is 10.7. The first-order valence-corrected chi connectivity index (χ1v) is 16.3.